The van der Waals surface area contributed by atoms with E-state index in [1.54, 1.807) is 4.90 Å². The molecule has 20 heavy (non-hydrogen) atoms. The van der Waals surface area contributed by atoms with E-state index in [1.807, 2.05) is 30.3 Å². The second-order valence-corrected chi connectivity index (χ2v) is 5.84. The first-order valence-electron chi connectivity index (χ1n) is 7.14. The van der Waals surface area contributed by atoms with Gasteiger partial charge in [0, 0.05) is 19.0 Å². The molecule has 1 saturated heterocycles. The number of ether oxygens (including phenoxy) is 1. The van der Waals surface area contributed by atoms with E-state index in [9.17, 15) is 9.59 Å². The van der Waals surface area contributed by atoms with Crippen molar-refractivity contribution in [3.63, 3.8) is 0 Å². The summed E-state index contributed by atoms with van der Waals surface area (Å²) in [5, 5.41) is 0. The summed E-state index contributed by atoms with van der Waals surface area (Å²) in [6.07, 6.45) is 3.69. The van der Waals surface area contributed by atoms with Gasteiger partial charge in [-0.15, -0.1) is 0 Å². The SMILES string of the molecule is O=CC1CC12CCN(C(=O)OCc1ccccc1)CC2. The van der Waals surface area contributed by atoms with E-state index in [-0.39, 0.29) is 17.4 Å². The van der Waals surface area contributed by atoms with Crippen LogP contribution in [0.3, 0.4) is 0 Å². The van der Waals surface area contributed by atoms with E-state index in [4.69, 9.17) is 4.74 Å². The molecule has 0 radical (unpaired) electrons. The highest BCUT2D eigenvalue weighted by Gasteiger charge is 2.55. The van der Waals surface area contributed by atoms with Crippen LogP contribution < -0.4 is 0 Å². The zero-order valence-electron chi connectivity index (χ0n) is 11.5. The molecule has 4 nitrogen and oxygen atoms in total. The molecule has 1 aromatic carbocycles. The van der Waals surface area contributed by atoms with Gasteiger partial charge in [-0.3, -0.25) is 0 Å². The Hall–Kier alpha value is -1.84. The highest BCUT2D eigenvalue weighted by atomic mass is 16.6. The predicted molar refractivity (Wildman–Crippen MR) is 74.0 cm³/mol. The largest absolute Gasteiger partial charge is 0.445 e. The second-order valence-electron chi connectivity index (χ2n) is 5.84. The van der Waals surface area contributed by atoms with Gasteiger partial charge in [-0.05, 0) is 30.2 Å². The zero-order valence-corrected chi connectivity index (χ0v) is 11.5. The number of amides is 1. The van der Waals surface area contributed by atoms with Crippen molar-refractivity contribution in [2.45, 2.75) is 25.9 Å². The van der Waals surface area contributed by atoms with Gasteiger partial charge in [0.15, 0.2) is 0 Å². The molecule has 1 atom stereocenters. The van der Waals surface area contributed by atoms with Crippen LogP contribution in [0.25, 0.3) is 0 Å². The normalized spacial score (nSPS) is 23.4. The van der Waals surface area contributed by atoms with Crippen molar-refractivity contribution >= 4 is 12.4 Å². The number of hydrogen-bond donors (Lipinski definition) is 0. The van der Waals surface area contributed by atoms with Gasteiger partial charge in [-0.2, -0.15) is 0 Å². The van der Waals surface area contributed by atoms with Gasteiger partial charge in [0.05, 0.1) is 0 Å². The Morgan fingerprint density at radius 3 is 2.60 bits per heavy atom. The Balaban J connectivity index is 1.46. The first kappa shape index (κ1) is 13.2. The maximum atomic E-state index is 12.0. The topological polar surface area (TPSA) is 46.6 Å². The van der Waals surface area contributed by atoms with Crippen LogP contribution in [0.2, 0.25) is 0 Å². The van der Waals surface area contributed by atoms with Gasteiger partial charge in [0.1, 0.15) is 12.9 Å². The van der Waals surface area contributed by atoms with Gasteiger partial charge in [-0.1, -0.05) is 30.3 Å². The van der Waals surface area contributed by atoms with E-state index < -0.39 is 0 Å². The van der Waals surface area contributed by atoms with E-state index >= 15 is 0 Å². The van der Waals surface area contributed by atoms with Gasteiger partial charge in [0.2, 0.25) is 0 Å². The summed E-state index contributed by atoms with van der Waals surface area (Å²) in [4.78, 5) is 24.6. The van der Waals surface area contributed by atoms with E-state index in [1.165, 1.54) is 0 Å². The Morgan fingerprint density at radius 1 is 1.30 bits per heavy atom. The van der Waals surface area contributed by atoms with Gasteiger partial charge < -0.3 is 14.4 Å². The molecule has 1 spiro atoms. The molecule has 4 heteroatoms. The van der Waals surface area contributed by atoms with Crippen LogP contribution in [0.5, 0.6) is 0 Å². The summed E-state index contributed by atoms with van der Waals surface area (Å²) in [5.41, 5.74) is 1.20. The summed E-state index contributed by atoms with van der Waals surface area (Å²) < 4.78 is 5.33. The number of aldehydes is 1. The molecule has 1 unspecified atom stereocenters. The van der Waals surface area contributed by atoms with E-state index in [0.29, 0.717) is 19.7 Å². The van der Waals surface area contributed by atoms with Crippen molar-refractivity contribution in [3.8, 4) is 0 Å². The molecule has 0 N–H and O–H groups in total. The van der Waals surface area contributed by atoms with Crippen LogP contribution in [0.15, 0.2) is 30.3 Å². The quantitative estimate of drug-likeness (QED) is 0.795. The third-order valence-electron chi connectivity index (χ3n) is 4.64. The number of carbonyl (C=O) groups excluding carboxylic acids is 2. The Kier molecular flexibility index (Phi) is 3.47. The standard InChI is InChI=1S/C16H19NO3/c18-11-14-10-16(14)6-8-17(9-7-16)15(19)20-12-13-4-2-1-3-5-13/h1-5,11,14H,6-10,12H2. The van der Waals surface area contributed by atoms with Crippen LogP contribution in [-0.2, 0) is 16.1 Å². The molecule has 1 aliphatic heterocycles. The first-order chi connectivity index (χ1) is 9.73. The van der Waals surface area contributed by atoms with Crippen molar-refractivity contribution in [2.75, 3.05) is 13.1 Å². The van der Waals surface area contributed by atoms with Gasteiger partial charge in [0.25, 0.3) is 0 Å². The molecule has 106 valence electrons. The summed E-state index contributed by atoms with van der Waals surface area (Å²) in [5.74, 6) is 0.227. The maximum absolute atomic E-state index is 12.0. The smallest absolute Gasteiger partial charge is 0.410 e. The minimum Gasteiger partial charge on any atom is -0.445 e. The minimum absolute atomic E-state index is 0.206. The highest BCUT2D eigenvalue weighted by molar-refractivity contribution is 5.68. The number of rotatable bonds is 3. The minimum atomic E-state index is -0.244. The van der Waals surface area contributed by atoms with Crippen LogP contribution in [0.1, 0.15) is 24.8 Å². The Labute approximate surface area is 118 Å². The van der Waals surface area contributed by atoms with Crippen LogP contribution in [0.4, 0.5) is 4.79 Å². The van der Waals surface area contributed by atoms with E-state index in [0.717, 1.165) is 31.1 Å². The monoisotopic (exact) mass is 273 g/mol. The molecule has 1 saturated carbocycles. The number of likely N-dealkylation sites (tertiary alicyclic amines) is 1. The molecule has 2 fully saturated rings. The number of benzene rings is 1. The van der Waals surface area contributed by atoms with Crippen LogP contribution in [0, 0.1) is 11.3 Å². The van der Waals surface area contributed by atoms with Crippen molar-refractivity contribution in [3.05, 3.63) is 35.9 Å². The third-order valence-corrected chi connectivity index (χ3v) is 4.64. The number of carbonyl (C=O) groups is 2. The van der Waals surface area contributed by atoms with Gasteiger partial charge >= 0.3 is 6.09 Å². The van der Waals surface area contributed by atoms with Crippen molar-refractivity contribution in [2.24, 2.45) is 11.3 Å². The maximum Gasteiger partial charge on any atom is 0.410 e. The molecule has 0 bridgehead atoms. The molecule has 1 amide bonds. The highest BCUT2D eigenvalue weighted by Crippen LogP contribution is 2.58. The van der Waals surface area contributed by atoms with E-state index in [2.05, 4.69) is 0 Å². The summed E-state index contributed by atoms with van der Waals surface area (Å²) in [7, 11) is 0. The molecule has 3 rings (SSSR count). The molecule has 0 aromatic heterocycles. The predicted octanol–water partition coefficient (Wildman–Crippen LogP) is 2.62. The molecule has 1 aromatic rings. The van der Waals surface area contributed by atoms with Crippen molar-refractivity contribution in [1.82, 2.24) is 4.90 Å². The van der Waals surface area contributed by atoms with Crippen LogP contribution >= 0.6 is 0 Å². The molecule has 2 aliphatic rings. The molecular weight excluding hydrogens is 254 g/mol. The van der Waals surface area contributed by atoms with Crippen molar-refractivity contribution in [1.29, 1.82) is 0 Å². The summed E-state index contributed by atoms with van der Waals surface area (Å²) in [6, 6.07) is 9.68. The lowest BCUT2D eigenvalue weighted by Gasteiger charge is -2.31. The average Bonchev–Trinajstić information content (AvgIpc) is 3.19. The number of piperidine rings is 1. The van der Waals surface area contributed by atoms with Gasteiger partial charge in [-0.25, -0.2) is 4.79 Å². The number of nitrogens with zero attached hydrogens (tertiary/aromatic N) is 1. The summed E-state index contributed by atoms with van der Waals surface area (Å²) >= 11 is 0. The lowest BCUT2D eigenvalue weighted by molar-refractivity contribution is -0.109. The fraction of sp³-hybridized carbons (Fsp3) is 0.500. The molecular formula is C16H19NO3. The third kappa shape index (κ3) is 2.55. The first-order valence-corrected chi connectivity index (χ1v) is 7.14. The fourth-order valence-electron chi connectivity index (χ4n) is 3.09. The number of hydrogen-bond acceptors (Lipinski definition) is 3. The van der Waals surface area contributed by atoms with Crippen molar-refractivity contribution < 1.29 is 14.3 Å². The Bertz CT molecular complexity index is 492. The van der Waals surface area contributed by atoms with Crippen LogP contribution in [-0.4, -0.2) is 30.4 Å². The molecule has 1 aliphatic carbocycles. The summed E-state index contributed by atoms with van der Waals surface area (Å²) in [6.45, 7) is 1.73. The molecule has 1 heterocycles. The zero-order chi connectivity index (χ0) is 14.0. The Morgan fingerprint density at radius 2 is 2.00 bits per heavy atom. The average molecular weight is 273 g/mol. The second kappa shape index (κ2) is 5.27. The fourth-order valence-corrected chi connectivity index (χ4v) is 3.09. The lowest BCUT2D eigenvalue weighted by Crippen LogP contribution is -2.39. The lowest BCUT2D eigenvalue weighted by atomic mass is 9.91.